The first-order chi connectivity index (χ1) is 10.1. The van der Waals surface area contributed by atoms with Crippen LogP contribution in [0, 0.1) is 11.6 Å². The molecule has 3 rings (SSSR count). The van der Waals surface area contributed by atoms with Crippen LogP contribution in [-0.4, -0.2) is 32.9 Å². The molecule has 0 aliphatic heterocycles. The van der Waals surface area contributed by atoms with Crippen molar-refractivity contribution in [2.75, 3.05) is 12.3 Å². The second-order valence-electron chi connectivity index (χ2n) is 5.00. The first-order valence-electron chi connectivity index (χ1n) is 6.74. The zero-order chi connectivity index (χ0) is 15.0. The maximum absolute atomic E-state index is 13.9. The van der Waals surface area contributed by atoms with Crippen molar-refractivity contribution in [3.8, 4) is 11.4 Å². The largest absolute Gasteiger partial charge is 0.396 e. The van der Waals surface area contributed by atoms with Gasteiger partial charge in [0.25, 0.3) is 0 Å². The van der Waals surface area contributed by atoms with Crippen molar-refractivity contribution in [3.05, 3.63) is 23.8 Å². The summed E-state index contributed by atoms with van der Waals surface area (Å²) in [5.41, 5.74) is 5.45. The highest BCUT2D eigenvalue weighted by molar-refractivity contribution is 5.62. The van der Waals surface area contributed by atoms with Crippen molar-refractivity contribution < 1.29 is 13.5 Å². The Bertz CT molecular complexity index is 654. The summed E-state index contributed by atoms with van der Waals surface area (Å²) in [7, 11) is 0. The van der Waals surface area contributed by atoms with E-state index in [-0.39, 0.29) is 29.2 Å². The number of ether oxygens (including phenoxy) is 1. The molecule has 0 saturated heterocycles. The third-order valence-electron chi connectivity index (χ3n) is 3.64. The summed E-state index contributed by atoms with van der Waals surface area (Å²) in [6.07, 6.45) is 1.72. The molecule has 1 heterocycles. The quantitative estimate of drug-likeness (QED) is 0.872. The van der Waals surface area contributed by atoms with E-state index in [0.29, 0.717) is 6.61 Å². The summed E-state index contributed by atoms with van der Waals surface area (Å²) in [5.74, 6) is -1.28. The molecule has 0 bridgehead atoms. The molecule has 0 unspecified atom stereocenters. The highest BCUT2D eigenvalue weighted by atomic mass is 19.1. The second-order valence-corrected chi connectivity index (χ2v) is 5.00. The Morgan fingerprint density at radius 3 is 2.81 bits per heavy atom. The van der Waals surface area contributed by atoms with E-state index in [1.54, 1.807) is 4.68 Å². The number of nitrogens with zero attached hydrogens (tertiary/aromatic N) is 4. The summed E-state index contributed by atoms with van der Waals surface area (Å²) in [5, 5.41) is 11.3. The lowest BCUT2D eigenvalue weighted by atomic mass is 9.89. The van der Waals surface area contributed by atoms with E-state index in [2.05, 4.69) is 15.5 Å². The number of benzene rings is 1. The van der Waals surface area contributed by atoms with Crippen molar-refractivity contribution in [3.63, 3.8) is 0 Å². The Labute approximate surface area is 119 Å². The van der Waals surface area contributed by atoms with E-state index in [1.807, 2.05) is 6.92 Å². The predicted molar refractivity (Wildman–Crippen MR) is 71.3 cm³/mol. The Hall–Kier alpha value is -2.09. The normalized spacial score (nSPS) is 21.3. The summed E-state index contributed by atoms with van der Waals surface area (Å²) < 4.78 is 34.2. The van der Waals surface area contributed by atoms with Crippen LogP contribution in [0.3, 0.4) is 0 Å². The fraction of sp³-hybridized carbons (Fsp3) is 0.462. The number of rotatable bonds is 4. The Kier molecular flexibility index (Phi) is 3.54. The molecule has 2 N–H and O–H groups in total. The average Bonchev–Trinajstić information content (AvgIpc) is 2.86. The first kappa shape index (κ1) is 13.9. The van der Waals surface area contributed by atoms with Gasteiger partial charge in [-0.3, -0.25) is 0 Å². The summed E-state index contributed by atoms with van der Waals surface area (Å²) in [6, 6.07) is 2.01. The minimum Gasteiger partial charge on any atom is -0.396 e. The van der Waals surface area contributed by atoms with E-state index in [4.69, 9.17) is 10.5 Å². The number of nitrogen functional groups attached to an aromatic ring is 1. The maximum atomic E-state index is 13.9. The minimum atomic E-state index is -0.796. The Morgan fingerprint density at radius 2 is 2.10 bits per heavy atom. The molecule has 0 atom stereocenters. The number of nitrogens with two attached hydrogens (primary N) is 1. The third kappa shape index (κ3) is 2.46. The van der Waals surface area contributed by atoms with Crippen molar-refractivity contribution in [2.45, 2.75) is 31.9 Å². The molecular weight excluding hydrogens is 280 g/mol. The van der Waals surface area contributed by atoms with Crippen LogP contribution < -0.4 is 5.73 Å². The van der Waals surface area contributed by atoms with Gasteiger partial charge in [-0.15, -0.1) is 5.10 Å². The molecule has 1 aromatic heterocycles. The average molecular weight is 295 g/mol. The molecule has 112 valence electrons. The molecular formula is C13H15F2N5O. The van der Waals surface area contributed by atoms with Crippen LogP contribution in [0.4, 0.5) is 14.5 Å². The first-order valence-corrected chi connectivity index (χ1v) is 6.74. The van der Waals surface area contributed by atoms with E-state index in [1.165, 1.54) is 6.07 Å². The molecule has 0 spiro atoms. The van der Waals surface area contributed by atoms with Gasteiger partial charge in [0.2, 0.25) is 0 Å². The lowest BCUT2D eigenvalue weighted by Gasteiger charge is -2.34. The number of aromatic nitrogens is 4. The van der Waals surface area contributed by atoms with Crippen LogP contribution in [0.25, 0.3) is 11.4 Å². The van der Waals surface area contributed by atoms with Crippen LogP contribution in [0.1, 0.15) is 25.8 Å². The van der Waals surface area contributed by atoms with E-state index >= 15 is 0 Å². The fourth-order valence-electron chi connectivity index (χ4n) is 2.46. The second kappa shape index (κ2) is 5.36. The number of halogens is 2. The van der Waals surface area contributed by atoms with Gasteiger partial charge >= 0.3 is 0 Å². The zero-order valence-corrected chi connectivity index (χ0v) is 11.5. The lowest BCUT2D eigenvalue weighted by molar-refractivity contribution is -0.0227. The van der Waals surface area contributed by atoms with E-state index in [0.717, 1.165) is 18.9 Å². The molecule has 6 nitrogen and oxygen atoms in total. The van der Waals surface area contributed by atoms with Crippen molar-refractivity contribution in [1.82, 2.24) is 20.2 Å². The highest BCUT2D eigenvalue weighted by Crippen LogP contribution is 2.36. The molecule has 1 fully saturated rings. The standard InChI is InChI=1S/C13H15F2N5O/c1-2-21-8-3-7(4-8)20-13(17-18-19-20)9-5-12(16)11(15)6-10(9)14/h5-8H,2-4,16H2,1H3. The van der Waals surface area contributed by atoms with Crippen molar-refractivity contribution >= 4 is 5.69 Å². The molecule has 1 saturated carbocycles. The van der Waals surface area contributed by atoms with Crippen LogP contribution in [0.5, 0.6) is 0 Å². The van der Waals surface area contributed by atoms with Crippen LogP contribution in [0.2, 0.25) is 0 Å². The van der Waals surface area contributed by atoms with Gasteiger partial charge in [0, 0.05) is 12.7 Å². The van der Waals surface area contributed by atoms with Crippen molar-refractivity contribution in [2.24, 2.45) is 0 Å². The monoisotopic (exact) mass is 295 g/mol. The van der Waals surface area contributed by atoms with Gasteiger partial charge < -0.3 is 10.5 Å². The van der Waals surface area contributed by atoms with Crippen LogP contribution in [0.15, 0.2) is 12.1 Å². The molecule has 1 aromatic carbocycles. The van der Waals surface area contributed by atoms with Crippen LogP contribution in [-0.2, 0) is 4.74 Å². The zero-order valence-electron chi connectivity index (χ0n) is 11.5. The van der Waals surface area contributed by atoms with Crippen molar-refractivity contribution in [1.29, 1.82) is 0 Å². The number of hydrogen-bond donors (Lipinski definition) is 1. The minimum absolute atomic E-state index is 0.0530. The van der Waals surface area contributed by atoms with Crippen LogP contribution >= 0.6 is 0 Å². The summed E-state index contributed by atoms with van der Waals surface area (Å²) in [6.45, 7) is 2.59. The topological polar surface area (TPSA) is 78.8 Å². The number of tetrazole rings is 1. The molecule has 0 amide bonds. The summed E-state index contributed by atoms with van der Waals surface area (Å²) >= 11 is 0. The Balaban J connectivity index is 1.88. The van der Waals surface area contributed by atoms with Gasteiger partial charge in [0.15, 0.2) is 5.82 Å². The molecule has 1 aliphatic carbocycles. The van der Waals surface area contributed by atoms with Gasteiger partial charge in [-0.2, -0.15) is 0 Å². The SMILES string of the molecule is CCOC1CC(n2nnnc2-c2cc(N)c(F)cc2F)C1. The maximum Gasteiger partial charge on any atom is 0.185 e. The fourth-order valence-corrected chi connectivity index (χ4v) is 2.46. The Morgan fingerprint density at radius 1 is 1.33 bits per heavy atom. The molecule has 2 aromatic rings. The smallest absolute Gasteiger partial charge is 0.185 e. The number of hydrogen-bond acceptors (Lipinski definition) is 5. The van der Waals surface area contributed by atoms with E-state index in [9.17, 15) is 8.78 Å². The summed E-state index contributed by atoms with van der Waals surface area (Å²) in [4.78, 5) is 0. The molecule has 1 aliphatic rings. The predicted octanol–water partition coefficient (Wildman–Crippen LogP) is 1.94. The lowest BCUT2D eigenvalue weighted by Crippen LogP contribution is -2.34. The molecule has 21 heavy (non-hydrogen) atoms. The third-order valence-corrected chi connectivity index (χ3v) is 3.64. The van der Waals surface area contributed by atoms with Gasteiger partial charge in [0.05, 0.1) is 23.4 Å². The van der Waals surface area contributed by atoms with Gasteiger partial charge in [-0.25, -0.2) is 13.5 Å². The van der Waals surface area contributed by atoms with Gasteiger partial charge in [-0.1, -0.05) is 0 Å². The van der Waals surface area contributed by atoms with Gasteiger partial charge in [-0.05, 0) is 36.3 Å². The van der Waals surface area contributed by atoms with E-state index < -0.39 is 11.6 Å². The molecule has 0 radical (unpaired) electrons. The molecule has 8 heteroatoms. The van der Waals surface area contributed by atoms with Gasteiger partial charge in [0.1, 0.15) is 11.6 Å². The highest BCUT2D eigenvalue weighted by Gasteiger charge is 2.34. The number of anilines is 1.